The maximum atomic E-state index is 14.2. The predicted octanol–water partition coefficient (Wildman–Crippen LogP) is 1.95. The molecule has 1 saturated heterocycles. The number of oxazole rings is 1. The highest BCUT2D eigenvalue weighted by atomic mass is 16.5. The monoisotopic (exact) mass is 591 g/mol. The summed E-state index contributed by atoms with van der Waals surface area (Å²) in [5.41, 5.74) is 3.51. The Hall–Kier alpha value is -4.00. The van der Waals surface area contributed by atoms with E-state index in [1.54, 1.807) is 12.3 Å². The molecular weight excluding hydrogens is 558 g/mol. The van der Waals surface area contributed by atoms with E-state index in [0.29, 0.717) is 24.3 Å². The molecule has 12 heteroatoms. The lowest BCUT2D eigenvalue weighted by molar-refractivity contribution is -0.172. The first-order valence-electron chi connectivity index (χ1n) is 14.5. The van der Waals surface area contributed by atoms with Crippen LogP contribution in [0.2, 0.25) is 0 Å². The fourth-order valence-electron chi connectivity index (χ4n) is 7.73. The predicted molar refractivity (Wildman–Crippen MR) is 150 cm³/mol. The molecule has 1 aliphatic heterocycles. The van der Waals surface area contributed by atoms with Crippen molar-refractivity contribution in [1.82, 2.24) is 10.3 Å². The molecule has 1 spiro atoms. The minimum absolute atomic E-state index is 0.000516. The first kappa shape index (κ1) is 27.8. The van der Waals surface area contributed by atoms with Crippen LogP contribution < -0.4 is 11.1 Å². The number of Topliss-reactive ketones (excluding diaryl/α,β-unsaturated/α-hetero) is 2. The molecule has 7 N–H and O–H groups in total. The Labute approximate surface area is 246 Å². The first-order valence-corrected chi connectivity index (χ1v) is 14.5. The Morgan fingerprint density at radius 2 is 1.88 bits per heavy atom. The van der Waals surface area contributed by atoms with Gasteiger partial charge in [-0.3, -0.25) is 14.4 Å². The number of rotatable bonds is 5. The average Bonchev–Trinajstić information content (AvgIpc) is 3.39. The van der Waals surface area contributed by atoms with Crippen molar-refractivity contribution in [2.24, 2.45) is 23.0 Å². The zero-order valence-corrected chi connectivity index (χ0v) is 23.7. The summed E-state index contributed by atoms with van der Waals surface area (Å²) < 4.78 is 11.1. The zero-order valence-electron chi connectivity index (χ0n) is 23.7. The highest BCUT2D eigenvalue weighted by molar-refractivity contribution is 6.24. The number of carbonyl (C=O) groups is 3. The van der Waals surface area contributed by atoms with Gasteiger partial charge in [0.1, 0.15) is 29.1 Å². The van der Waals surface area contributed by atoms with Crippen LogP contribution in [0.1, 0.15) is 55.8 Å². The lowest BCUT2D eigenvalue weighted by Gasteiger charge is -2.56. The number of primary amides is 1. The van der Waals surface area contributed by atoms with Crippen molar-refractivity contribution in [1.29, 1.82) is 0 Å². The Bertz CT molecular complexity index is 1660. The molecule has 3 fully saturated rings. The molecule has 2 heterocycles. The van der Waals surface area contributed by atoms with Crippen LogP contribution in [0.25, 0.3) is 17.2 Å². The number of ketones is 2. The molecule has 7 rings (SSSR count). The van der Waals surface area contributed by atoms with Gasteiger partial charge < -0.3 is 40.6 Å². The third-order valence-electron chi connectivity index (χ3n) is 10.0. The van der Waals surface area contributed by atoms with Gasteiger partial charge in [-0.2, -0.15) is 0 Å². The molecule has 4 atom stereocenters. The van der Waals surface area contributed by atoms with Crippen LogP contribution >= 0.6 is 0 Å². The number of ether oxygens (including phenoxy) is 1. The Balaban J connectivity index is 1.33. The van der Waals surface area contributed by atoms with E-state index in [-0.39, 0.29) is 53.0 Å². The van der Waals surface area contributed by atoms with Gasteiger partial charge in [0.05, 0.1) is 30.5 Å². The van der Waals surface area contributed by atoms with E-state index in [0.717, 1.165) is 18.5 Å². The number of carbonyl (C=O) groups excluding carboxylic acids is 3. The fraction of sp³-hybridized carbons (Fsp3) is 0.484. The van der Waals surface area contributed by atoms with Gasteiger partial charge in [0, 0.05) is 28.5 Å². The molecule has 5 aliphatic rings. The van der Waals surface area contributed by atoms with E-state index < -0.39 is 58.0 Å². The van der Waals surface area contributed by atoms with Crippen LogP contribution in [0.15, 0.2) is 39.7 Å². The molecular formula is C31H33N3O9. The second-order valence-electron chi connectivity index (χ2n) is 13.0. The third-order valence-corrected chi connectivity index (χ3v) is 10.0. The van der Waals surface area contributed by atoms with Crippen molar-refractivity contribution in [3.05, 3.63) is 52.1 Å². The Morgan fingerprint density at radius 3 is 2.49 bits per heavy atom. The van der Waals surface area contributed by atoms with Crippen LogP contribution in [-0.2, 0) is 25.5 Å². The summed E-state index contributed by atoms with van der Waals surface area (Å²) in [5.74, 6) is -6.55. The van der Waals surface area contributed by atoms with Crippen LogP contribution in [0, 0.1) is 17.3 Å². The number of nitrogens with one attached hydrogen (secondary N) is 1. The number of amides is 1. The standard InChI is InChI=1S/C31H33N3O9/c1-12(2)18-9-43-29(34-18)15-3-4-19(35)21-16(15)5-13-6-17-23(33-14-7-30(8-14)10-42-11-30)25(37)22(28(32)40)27(39)31(17,41)26(38)20(13)24(21)36/h3-4,9,12-14,17,23,33,35-36,39,41H,5-8,10-11H2,1-2H3,(H2,32,40). The van der Waals surface area contributed by atoms with E-state index in [9.17, 15) is 34.8 Å². The molecule has 0 radical (unpaired) electrons. The van der Waals surface area contributed by atoms with Crippen molar-refractivity contribution in [2.45, 2.75) is 63.1 Å². The van der Waals surface area contributed by atoms with Gasteiger partial charge in [0.2, 0.25) is 11.7 Å². The van der Waals surface area contributed by atoms with Gasteiger partial charge in [0.15, 0.2) is 11.4 Å². The third kappa shape index (κ3) is 3.79. The van der Waals surface area contributed by atoms with Crippen molar-refractivity contribution in [3.63, 3.8) is 0 Å². The van der Waals surface area contributed by atoms with Crippen LogP contribution in [0.4, 0.5) is 0 Å². The molecule has 4 unspecified atom stereocenters. The maximum absolute atomic E-state index is 14.2. The molecule has 0 bridgehead atoms. The highest BCUT2D eigenvalue weighted by Crippen LogP contribution is 2.54. The van der Waals surface area contributed by atoms with Gasteiger partial charge in [-0.05, 0) is 55.2 Å². The van der Waals surface area contributed by atoms with Crippen LogP contribution in [0.3, 0.4) is 0 Å². The van der Waals surface area contributed by atoms with Crippen LogP contribution in [-0.4, -0.2) is 73.8 Å². The van der Waals surface area contributed by atoms with Gasteiger partial charge >= 0.3 is 0 Å². The average molecular weight is 592 g/mol. The van der Waals surface area contributed by atoms with E-state index in [1.165, 1.54) is 6.07 Å². The first-order chi connectivity index (χ1) is 20.4. The topological polar surface area (TPSA) is 205 Å². The number of aliphatic hydroxyl groups is 3. The minimum atomic E-state index is -2.70. The molecule has 2 aromatic rings. The molecule has 226 valence electrons. The molecule has 43 heavy (non-hydrogen) atoms. The van der Waals surface area contributed by atoms with E-state index in [4.69, 9.17) is 14.9 Å². The number of phenolic OH excluding ortho intramolecular Hbond substituents is 1. The number of phenols is 1. The van der Waals surface area contributed by atoms with Crippen LogP contribution in [0.5, 0.6) is 5.75 Å². The minimum Gasteiger partial charge on any atom is -0.508 e. The smallest absolute Gasteiger partial charge is 0.255 e. The SMILES string of the molecule is CC(C)c1coc(-c2ccc(O)c3c2CC2CC4C(NC5CC6(COC6)C5)C(=O)C(C(N)=O)=C(O)C4(O)C(=O)C2=C3O)n1. The van der Waals surface area contributed by atoms with Crippen molar-refractivity contribution < 1.29 is 44.0 Å². The molecule has 1 aromatic heterocycles. The normalized spacial score (nSPS) is 29.7. The van der Waals surface area contributed by atoms with E-state index >= 15 is 0 Å². The summed E-state index contributed by atoms with van der Waals surface area (Å²) in [4.78, 5) is 44.7. The molecule has 1 aromatic carbocycles. The van der Waals surface area contributed by atoms with Gasteiger partial charge in [0.25, 0.3) is 5.91 Å². The van der Waals surface area contributed by atoms with Gasteiger partial charge in [-0.25, -0.2) is 4.98 Å². The quantitative estimate of drug-likeness (QED) is 0.277. The summed E-state index contributed by atoms with van der Waals surface area (Å²) in [6.07, 6.45) is 3.13. The maximum Gasteiger partial charge on any atom is 0.255 e. The number of hydrogen-bond acceptors (Lipinski definition) is 11. The number of nitrogens with zero attached hydrogens (tertiary/aromatic N) is 1. The molecule has 1 amide bonds. The van der Waals surface area contributed by atoms with Crippen molar-refractivity contribution >= 4 is 23.2 Å². The number of benzene rings is 1. The fourth-order valence-corrected chi connectivity index (χ4v) is 7.73. The highest BCUT2D eigenvalue weighted by Gasteiger charge is 2.64. The molecule has 12 nitrogen and oxygen atoms in total. The Kier molecular flexibility index (Phi) is 5.98. The van der Waals surface area contributed by atoms with E-state index in [2.05, 4.69) is 10.3 Å². The summed E-state index contributed by atoms with van der Waals surface area (Å²) in [5, 5.41) is 48.6. The molecule has 4 aliphatic carbocycles. The zero-order chi connectivity index (χ0) is 30.6. The number of aromatic hydroxyl groups is 1. The summed E-state index contributed by atoms with van der Waals surface area (Å²) in [6, 6.07) is 1.66. The summed E-state index contributed by atoms with van der Waals surface area (Å²) in [6.45, 7) is 5.18. The van der Waals surface area contributed by atoms with Crippen molar-refractivity contribution in [3.8, 4) is 17.2 Å². The summed E-state index contributed by atoms with van der Waals surface area (Å²) in [7, 11) is 0. The van der Waals surface area contributed by atoms with Gasteiger partial charge in [-0.1, -0.05) is 13.8 Å². The lowest BCUT2D eigenvalue weighted by atomic mass is 9.57. The van der Waals surface area contributed by atoms with Crippen molar-refractivity contribution in [2.75, 3.05) is 13.2 Å². The second-order valence-corrected chi connectivity index (χ2v) is 13.0. The number of hydrogen-bond donors (Lipinski definition) is 6. The number of aromatic nitrogens is 1. The largest absolute Gasteiger partial charge is 0.508 e. The van der Waals surface area contributed by atoms with Gasteiger partial charge in [-0.15, -0.1) is 0 Å². The second kappa shape index (κ2) is 9.25. The van der Waals surface area contributed by atoms with E-state index in [1.807, 2.05) is 13.8 Å². The number of fused-ring (bicyclic) bond motifs is 3. The summed E-state index contributed by atoms with van der Waals surface area (Å²) >= 11 is 0. The Morgan fingerprint density at radius 1 is 1.16 bits per heavy atom. The number of nitrogens with two attached hydrogens (primary N) is 1. The lowest BCUT2D eigenvalue weighted by Crippen LogP contribution is -2.69. The molecule has 2 saturated carbocycles. The number of aliphatic hydroxyl groups excluding tert-OH is 2.